The SMILES string of the molecule is CC1Oc2cc(cnc2N)-c2cn[nH]c2Cc2cn(C)nc2-c2ccc(F)cc21. The van der Waals surface area contributed by atoms with Gasteiger partial charge in [-0.15, -0.1) is 0 Å². The van der Waals surface area contributed by atoms with E-state index in [9.17, 15) is 4.39 Å². The Balaban J connectivity index is 1.79. The molecule has 7 nitrogen and oxygen atoms in total. The zero-order valence-corrected chi connectivity index (χ0v) is 16.0. The third kappa shape index (κ3) is 2.93. The molecule has 0 fully saturated rings. The van der Waals surface area contributed by atoms with Gasteiger partial charge in [0.2, 0.25) is 0 Å². The summed E-state index contributed by atoms with van der Waals surface area (Å²) in [5, 5.41) is 12.0. The molecule has 0 saturated carbocycles. The van der Waals surface area contributed by atoms with E-state index in [0.29, 0.717) is 17.7 Å². The lowest BCUT2D eigenvalue weighted by Gasteiger charge is -2.20. The standard InChI is InChI=1S/C21H19FN6O/c1-11-16-7-14(22)3-4-15(16)20-13(10-28(2)27-20)5-18-17(9-25-26-18)12-6-19(29-11)21(23)24-8-12/h3-4,6-11H,5H2,1-2H3,(H2,23,24)(H,25,26). The summed E-state index contributed by atoms with van der Waals surface area (Å²) < 4.78 is 22.0. The summed E-state index contributed by atoms with van der Waals surface area (Å²) in [7, 11) is 1.87. The van der Waals surface area contributed by atoms with Crippen LogP contribution >= 0.6 is 0 Å². The normalized spacial score (nSPS) is 15.3. The number of aromatic nitrogens is 5. The van der Waals surface area contributed by atoms with Crippen LogP contribution in [-0.4, -0.2) is 25.0 Å². The third-order valence-corrected chi connectivity index (χ3v) is 5.19. The van der Waals surface area contributed by atoms with Crippen LogP contribution in [0.2, 0.25) is 0 Å². The van der Waals surface area contributed by atoms with Gasteiger partial charge in [0.05, 0.1) is 11.9 Å². The van der Waals surface area contributed by atoms with E-state index in [1.165, 1.54) is 12.1 Å². The van der Waals surface area contributed by atoms with Crippen LogP contribution in [0.25, 0.3) is 22.4 Å². The van der Waals surface area contributed by atoms with Crippen molar-refractivity contribution in [2.24, 2.45) is 7.05 Å². The molecule has 1 atom stereocenters. The Morgan fingerprint density at radius 1 is 1.24 bits per heavy atom. The van der Waals surface area contributed by atoms with Gasteiger partial charge in [0.15, 0.2) is 11.6 Å². The van der Waals surface area contributed by atoms with Gasteiger partial charge in [-0.05, 0) is 31.2 Å². The number of aromatic amines is 1. The second kappa shape index (κ2) is 6.44. The molecule has 0 aliphatic carbocycles. The van der Waals surface area contributed by atoms with Crippen molar-refractivity contribution in [3.8, 4) is 28.1 Å². The summed E-state index contributed by atoms with van der Waals surface area (Å²) in [5.74, 6) is 0.387. The molecular weight excluding hydrogens is 371 g/mol. The first kappa shape index (κ1) is 17.4. The number of ether oxygens (including phenoxy) is 1. The van der Waals surface area contributed by atoms with E-state index in [-0.39, 0.29) is 11.6 Å². The van der Waals surface area contributed by atoms with Crippen LogP contribution in [0.4, 0.5) is 10.2 Å². The highest BCUT2D eigenvalue weighted by molar-refractivity contribution is 5.72. The van der Waals surface area contributed by atoms with E-state index < -0.39 is 6.10 Å². The summed E-state index contributed by atoms with van der Waals surface area (Å²) in [6, 6.07) is 6.51. The fourth-order valence-corrected chi connectivity index (χ4v) is 3.82. The maximum absolute atomic E-state index is 14.1. The Hall–Kier alpha value is -3.68. The highest BCUT2D eigenvalue weighted by Crippen LogP contribution is 2.37. The smallest absolute Gasteiger partial charge is 0.166 e. The second-order valence-electron chi connectivity index (χ2n) is 7.21. The minimum absolute atomic E-state index is 0.277. The average Bonchev–Trinajstić information content (AvgIpc) is 3.29. The van der Waals surface area contributed by atoms with Crippen molar-refractivity contribution in [3.05, 3.63) is 65.5 Å². The molecule has 3 aromatic heterocycles. The van der Waals surface area contributed by atoms with Gasteiger partial charge < -0.3 is 10.5 Å². The molecule has 1 aromatic carbocycles. The van der Waals surface area contributed by atoms with Crippen LogP contribution in [0.1, 0.15) is 29.8 Å². The predicted molar refractivity (Wildman–Crippen MR) is 107 cm³/mol. The molecule has 146 valence electrons. The molecule has 1 aliphatic heterocycles. The molecule has 0 spiro atoms. The van der Waals surface area contributed by atoms with E-state index in [0.717, 1.165) is 33.6 Å². The molecule has 3 N–H and O–H groups in total. The minimum atomic E-state index is -0.460. The van der Waals surface area contributed by atoms with Gasteiger partial charge in [0.25, 0.3) is 0 Å². The van der Waals surface area contributed by atoms with Crippen LogP contribution in [0, 0.1) is 5.82 Å². The van der Waals surface area contributed by atoms with Crippen LogP contribution in [-0.2, 0) is 13.5 Å². The van der Waals surface area contributed by atoms with Crippen LogP contribution < -0.4 is 10.5 Å². The molecule has 0 amide bonds. The number of nitrogen functional groups attached to an aromatic ring is 1. The highest BCUT2D eigenvalue weighted by Gasteiger charge is 2.23. The van der Waals surface area contributed by atoms with Gasteiger partial charge in [0, 0.05) is 59.4 Å². The maximum atomic E-state index is 14.1. The largest absolute Gasteiger partial charge is 0.482 e. The number of halogens is 1. The minimum Gasteiger partial charge on any atom is -0.482 e. The highest BCUT2D eigenvalue weighted by atomic mass is 19.1. The number of pyridine rings is 1. The van der Waals surface area contributed by atoms with Crippen LogP contribution in [0.15, 0.2) is 42.9 Å². The quantitative estimate of drug-likeness (QED) is 0.478. The first-order valence-electron chi connectivity index (χ1n) is 9.26. The number of hydrogen-bond acceptors (Lipinski definition) is 5. The summed E-state index contributed by atoms with van der Waals surface area (Å²) >= 11 is 0. The van der Waals surface area contributed by atoms with Gasteiger partial charge in [-0.1, -0.05) is 0 Å². The first-order valence-corrected chi connectivity index (χ1v) is 9.26. The van der Waals surface area contributed by atoms with Crippen molar-refractivity contribution in [2.45, 2.75) is 19.4 Å². The van der Waals surface area contributed by atoms with E-state index in [1.807, 2.05) is 26.2 Å². The summed E-state index contributed by atoms with van der Waals surface area (Å²) in [5.41, 5.74) is 12.0. The number of benzene rings is 1. The van der Waals surface area contributed by atoms with E-state index >= 15 is 0 Å². The number of aryl methyl sites for hydroxylation is 1. The van der Waals surface area contributed by atoms with Gasteiger partial charge in [-0.25, -0.2) is 9.37 Å². The van der Waals surface area contributed by atoms with Gasteiger partial charge in [-0.2, -0.15) is 10.2 Å². The zero-order chi connectivity index (χ0) is 20.1. The van der Waals surface area contributed by atoms with Crippen LogP contribution in [0.5, 0.6) is 5.75 Å². The lowest BCUT2D eigenvalue weighted by atomic mass is 9.95. The number of rotatable bonds is 0. The Bertz CT molecular complexity index is 1230. The molecular formula is C21H19FN6O. The maximum Gasteiger partial charge on any atom is 0.166 e. The molecule has 4 heterocycles. The number of nitrogens with two attached hydrogens (primary N) is 1. The Labute approximate surface area is 166 Å². The Kier molecular flexibility index (Phi) is 3.87. The number of fused-ring (bicyclic) bond motifs is 7. The monoisotopic (exact) mass is 390 g/mol. The Morgan fingerprint density at radius 2 is 2.10 bits per heavy atom. The summed E-state index contributed by atoms with van der Waals surface area (Å²) in [6.45, 7) is 1.86. The van der Waals surface area contributed by atoms with Crippen molar-refractivity contribution in [3.63, 3.8) is 0 Å². The lowest BCUT2D eigenvalue weighted by Crippen LogP contribution is -2.09. The number of nitrogens with one attached hydrogen (secondary N) is 1. The molecule has 1 aliphatic rings. The molecule has 4 aromatic rings. The molecule has 1 unspecified atom stereocenters. The van der Waals surface area contributed by atoms with Crippen molar-refractivity contribution in [1.29, 1.82) is 0 Å². The molecule has 8 heteroatoms. The van der Waals surface area contributed by atoms with Crippen LogP contribution in [0.3, 0.4) is 0 Å². The van der Waals surface area contributed by atoms with E-state index in [1.54, 1.807) is 23.1 Å². The van der Waals surface area contributed by atoms with Gasteiger partial charge in [-0.3, -0.25) is 9.78 Å². The fraction of sp³-hybridized carbons (Fsp3) is 0.190. The number of H-pyrrole nitrogens is 1. The molecule has 29 heavy (non-hydrogen) atoms. The predicted octanol–water partition coefficient (Wildman–Crippen LogP) is 3.64. The number of hydrogen-bond donors (Lipinski definition) is 2. The van der Waals surface area contributed by atoms with Crippen molar-refractivity contribution in [1.82, 2.24) is 25.0 Å². The van der Waals surface area contributed by atoms with E-state index in [4.69, 9.17) is 10.5 Å². The third-order valence-electron chi connectivity index (χ3n) is 5.19. The molecule has 0 radical (unpaired) electrons. The number of nitrogens with zero attached hydrogens (tertiary/aromatic N) is 4. The van der Waals surface area contributed by atoms with Gasteiger partial charge >= 0.3 is 0 Å². The summed E-state index contributed by atoms with van der Waals surface area (Å²) in [4.78, 5) is 4.28. The lowest BCUT2D eigenvalue weighted by molar-refractivity contribution is 0.227. The van der Waals surface area contributed by atoms with Crippen molar-refractivity contribution in [2.75, 3.05) is 5.73 Å². The molecule has 5 rings (SSSR count). The summed E-state index contributed by atoms with van der Waals surface area (Å²) in [6.07, 6.45) is 5.56. The Morgan fingerprint density at radius 3 is 2.97 bits per heavy atom. The average molecular weight is 390 g/mol. The topological polar surface area (TPSA) is 94.6 Å². The molecule has 2 bridgehead atoms. The second-order valence-corrected chi connectivity index (χ2v) is 7.21. The number of anilines is 1. The van der Waals surface area contributed by atoms with E-state index in [2.05, 4.69) is 20.3 Å². The van der Waals surface area contributed by atoms with Crippen molar-refractivity contribution < 1.29 is 9.13 Å². The van der Waals surface area contributed by atoms with Crippen molar-refractivity contribution >= 4 is 5.82 Å². The molecule has 0 saturated heterocycles. The van der Waals surface area contributed by atoms with Gasteiger partial charge in [0.1, 0.15) is 11.9 Å². The zero-order valence-electron chi connectivity index (χ0n) is 16.0. The fourth-order valence-electron chi connectivity index (χ4n) is 3.82. The first-order chi connectivity index (χ1) is 14.0.